The lowest BCUT2D eigenvalue weighted by Gasteiger charge is -2.08. The highest BCUT2D eigenvalue weighted by atomic mass is 79.9. The third kappa shape index (κ3) is 2.77. The molecule has 1 aliphatic rings. The lowest BCUT2D eigenvalue weighted by molar-refractivity contribution is 0.0933. The number of carbonyl (C=O) groups is 1. The highest BCUT2D eigenvalue weighted by molar-refractivity contribution is 9.10. The fourth-order valence-corrected chi connectivity index (χ4v) is 4.02. The van der Waals surface area contributed by atoms with Gasteiger partial charge in [-0.05, 0) is 31.0 Å². The average molecular weight is 317 g/mol. The minimum Gasteiger partial charge on any atom is -0.294 e. The van der Waals surface area contributed by atoms with Crippen LogP contribution in [0.4, 0.5) is 0 Å². The van der Waals surface area contributed by atoms with Gasteiger partial charge in [0, 0.05) is 16.0 Å². The van der Waals surface area contributed by atoms with Crippen molar-refractivity contribution in [3.05, 3.63) is 33.8 Å². The van der Waals surface area contributed by atoms with E-state index in [9.17, 15) is 13.2 Å². The Hall–Kier alpha value is -0.680. The Morgan fingerprint density at radius 3 is 2.65 bits per heavy atom. The van der Waals surface area contributed by atoms with Crippen LogP contribution in [0, 0.1) is 12.8 Å². The molecule has 0 aliphatic carbocycles. The van der Waals surface area contributed by atoms with Gasteiger partial charge in [-0.25, -0.2) is 8.42 Å². The summed E-state index contributed by atoms with van der Waals surface area (Å²) in [7, 11) is -3.00. The molecule has 1 aliphatic heterocycles. The number of aryl methyl sites for hydroxylation is 1. The predicted octanol–water partition coefficient (Wildman–Crippen LogP) is 2.37. The van der Waals surface area contributed by atoms with Crippen molar-refractivity contribution in [3.8, 4) is 0 Å². The summed E-state index contributed by atoms with van der Waals surface area (Å²) in [4.78, 5) is 12.1. The molecule has 17 heavy (non-hydrogen) atoms. The van der Waals surface area contributed by atoms with Gasteiger partial charge in [0.15, 0.2) is 15.6 Å². The SMILES string of the molecule is Cc1cc(C(=O)C2CCS(=O)(=O)C2)ccc1Br. The molecule has 0 spiro atoms. The fraction of sp³-hybridized carbons (Fsp3) is 0.417. The van der Waals surface area contributed by atoms with Gasteiger partial charge in [0.25, 0.3) is 0 Å². The molecular weight excluding hydrogens is 304 g/mol. The van der Waals surface area contributed by atoms with Crippen molar-refractivity contribution in [2.45, 2.75) is 13.3 Å². The molecule has 5 heteroatoms. The molecule has 1 atom stereocenters. The van der Waals surface area contributed by atoms with Crippen LogP contribution in [-0.4, -0.2) is 25.7 Å². The number of hydrogen-bond donors (Lipinski definition) is 0. The van der Waals surface area contributed by atoms with Gasteiger partial charge < -0.3 is 0 Å². The van der Waals surface area contributed by atoms with Crippen LogP contribution in [0.15, 0.2) is 22.7 Å². The number of rotatable bonds is 2. The van der Waals surface area contributed by atoms with E-state index in [0.717, 1.165) is 10.0 Å². The number of Topliss-reactive ketones (excluding diaryl/α,β-unsaturated/α-hetero) is 1. The second kappa shape index (κ2) is 4.53. The molecule has 1 aromatic carbocycles. The molecule has 0 bridgehead atoms. The topological polar surface area (TPSA) is 51.2 Å². The molecule has 0 radical (unpaired) electrons. The molecular formula is C12H13BrO3S. The monoisotopic (exact) mass is 316 g/mol. The Morgan fingerprint density at radius 1 is 1.41 bits per heavy atom. The van der Waals surface area contributed by atoms with E-state index in [4.69, 9.17) is 0 Å². The summed E-state index contributed by atoms with van der Waals surface area (Å²) in [6.07, 6.45) is 0.455. The Morgan fingerprint density at radius 2 is 2.12 bits per heavy atom. The molecule has 92 valence electrons. The summed E-state index contributed by atoms with van der Waals surface area (Å²) in [6, 6.07) is 5.37. The van der Waals surface area contributed by atoms with E-state index < -0.39 is 9.84 Å². The third-order valence-corrected chi connectivity index (χ3v) is 5.70. The lowest BCUT2D eigenvalue weighted by Crippen LogP contribution is -2.16. The van der Waals surface area contributed by atoms with Crippen molar-refractivity contribution in [1.29, 1.82) is 0 Å². The van der Waals surface area contributed by atoms with Crippen molar-refractivity contribution in [2.75, 3.05) is 11.5 Å². The third-order valence-electron chi connectivity index (χ3n) is 3.05. The second-order valence-corrected chi connectivity index (χ2v) is 7.51. The van der Waals surface area contributed by atoms with Crippen LogP contribution < -0.4 is 0 Å². The number of halogens is 1. The molecule has 0 saturated carbocycles. The van der Waals surface area contributed by atoms with Gasteiger partial charge in [-0.2, -0.15) is 0 Å². The zero-order chi connectivity index (χ0) is 12.6. The highest BCUT2D eigenvalue weighted by Crippen LogP contribution is 2.24. The standard InChI is InChI=1S/C12H13BrO3S/c1-8-6-9(2-3-11(8)13)12(14)10-4-5-17(15,16)7-10/h2-3,6,10H,4-5,7H2,1H3. The van der Waals surface area contributed by atoms with Gasteiger partial charge in [0.05, 0.1) is 11.5 Å². The van der Waals surface area contributed by atoms with Crippen LogP contribution in [-0.2, 0) is 9.84 Å². The second-order valence-electron chi connectivity index (χ2n) is 4.43. The summed E-state index contributed by atoms with van der Waals surface area (Å²) in [5.41, 5.74) is 1.59. The van der Waals surface area contributed by atoms with E-state index in [1.807, 2.05) is 13.0 Å². The smallest absolute Gasteiger partial charge is 0.166 e. The Kier molecular flexibility index (Phi) is 3.41. The molecule has 1 unspecified atom stereocenters. The van der Waals surface area contributed by atoms with Gasteiger partial charge in [-0.15, -0.1) is 0 Å². The molecule has 1 aromatic rings. The van der Waals surface area contributed by atoms with E-state index in [2.05, 4.69) is 15.9 Å². The van der Waals surface area contributed by atoms with Gasteiger partial charge >= 0.3 is 0 Å². The molecule has 1 fully saturated rings. The van der Waals surface area contributed by atoms with E-state index in [1.54, 1.807) is 12.1 Å². The normalized spacial score (nSPS) is 22.6. The van der Waals surface area contributed by atoms with Crippen molar-refractivity contribution < 1.29 is 13.2 Å². The first-order valence-electron chi connectivity index (χ1n) is 5.40. The maximum Gasteiger partial charge on any atom is 0.166 e. The first kappa shape index (κ1) is 12.8. The number of sulfone groups is 1. The maximum absolute atomic E-state index is 12.1. The summed E-state index contributed by atoms with van der Waals surface area (Å²) in [5, 5.41) is 0. The Bertz CT molecular complexity index is 563. The molecule has 1 saturated heterocycles. The maximum atomic E-state index is 12.1. The number of ketones is 1. The van der Waals surface area contributed by atoms with E-state index in [1.165, 1.54) is 0 Å². The Labute approximate surface area is 109 Å². The van der Waals surface area contributed by atoms with E-state index >= 15 is 0 Å². The number of hydrogen-bond acceptors (Lipinski definition) is 3. The Balaban J connectivity index is 2.23. The minimum absolute atomic E-state index is 0.000937. The van der Waals surface area contributed by atoms with Crippen LogP contribution in [0.1, 0.15) is 22.3 Å². The highest BCUT2D eigenvalue weighted by Gasteiger charge is 2.33. The van der Waals surface area contributed by atoms with Gasteiger partial charge in [0.2, 0.25) is 0 Å². The zero-order valence-electron chi connectivity index (χ0n) is 9.44. The largest absolute Gasteiger partial charge is 0.294 e. The van der Waals surface area contributed by atoms with Crippen molar-refractivity contribution >= 4 is 31.6 Å². The van der Waals surface area contributed by atoms with Crippen molar-refractivity contribution in [1.82, 2.24) is 0 Å². The van der Waals surface area contributed by atoms with E-state index in [-0.39, 0.29) is 23.2 Å². The van der Waals surface area contributed by atoms with Crippen molar-refractivity contribution in [3.63, 3.8) is 0 Å². The molecule has 0 aromatic heterocycles. The van der Waals surface area contributed by atoms with Crippen molar-refractivity contribution in [2.24, 2.45) is 5.92 Å². The first-order chi connectivity index (χ1) is 7.89. The minimum atomic E-state index is -3.00. The summed E-state index contributed by atoms with van der Waals surface area (Å²) >= 11 is 3.37. The lowest BCUT2D eigenvalue weighted by atomic mass is 9.96. The van der Waals surface area contributed by atoms with Gasteiger partial charge in [-0.3, -0.25) is 4.79 Å². The molecule has 0 N–H and O–H groups in total. The number of benzene rings is 1. The molecule has 3 nitrogen and oxygen atoms in total. The van der Waals surface area contributed by atoms with Gasteiger partial charge in [0.1, 0.15) is 0 Å². The first-order valence-corrected chi connectivity index (χ1v) is 8.01. The van der Waals surface area contributed by atoms with E-state index in [0.29, 0.717) is 12.0 Å². The van der Waals surface area contributed by atoms with Crippen LogP contribution in [0.5, 0.6) is 0 Å². The number of carbonyl (C=O) groups excluding carboxylic acids is 1. The zero-order valence-corrected chi connectivity index (χ0v) is 11.8. The molecule has 2 rings (SSSR count). The quantitative estimate of drug-likeness (QED) is 0.787. The predicted molar refractivity (Wildman–Crippen MR) is 70.0 cm³/mol. The molecule has 1 heterocycles. The average Bonchev–Trinajstić information content (AvgIpc) is 2.62. The van der Waals surface area contributed by atoms with Crippen LogP contribution in [0.25, 0.3) is 0 Å². The van der Waals surface area contributed by atoms with Crippen LogP contribution in [0.3, 0.4) is 0 Å². The van der Waals surface area contributed by atoms with Crippen LogP contribution >= 0.6 is 15.9 Å². The summed E-state index contributed by atoms with van der Waals surface area (Å²) < 4.78 is 23.6. The summed E-state index contributed by atoms with van der Waals surface area (Å²) in [5.74, 6) is -0.276. The van der Waals surface area contributed by atoms with Crippen LogP contribution in [0.2, 0.25) is 0 Å². The summed E-state index contributed by atoms with van der Waals surface area (Å²) in [6.45, 7) is 1.91. The fourth-order valence-electron chi connectivity index (χ4n) is 2.04. The van der Waals surface area contributed by atoms with Gasteiger partial charge in [-0.1, -0.05) is 22.0 Å². The molecule has 0 amide bonds.